The highest BCUT2D eigenvalue weighted by molar-refractivity contribution is 6.02. The van der Waals surface area contributed by atoms with Crippen molar-refractivity contribution in [1.82, 2.24) is 5.32 Å². The molecule has 3 N–H and O–H groups in total. The SMILES string of the molecule is O=C(NC(=O)c1ccccc1)O[C@H](CCCO)c1ccc(OCCO)cc1. The molecule has 2 rings (SSSR count). The fraction of sp³-hybridized carbons (Fsp3) is 0.300. The smallest absolute Gasteiger partial charge is 0.414 e. The van der Waals surface area contributed by atoms with Crippen molar-refractivity contribution < 1.29 is 29.3 Å². The highest BCUT2D eigenvalue weighted by Crippen LogP contribution is 2.25. The van der Waals surface area contributed by atoms with Crippen molar-refractivity contribution in [3.8, 4) is 5.75 Å². The summed E-state index contributed by atoms with van der Waals surface area (Å²) in [4.78, 5) is 24.2. The number of carbonyl (C=O) groups is 2. The number of hydrogen-bond acceptors (Lipinski definition) is 6. The van der Waals surface area contributed by atoms with Crippen molar-refractivity contribution in [2.45, 2.75) is 18.9 Å². The van der Waals surface area contributed by atoms with E-state index in [1.54, 1.807) is 54.6 Å². The van der Waals surface area contributed by atoms with Gasteiger partial charge in [0.25, 0.3) is 5.91 Å². The average molecular weight is 373 g/mol. The van der Waals surface area contributed by atoms with Gasteiger partial charge >= 0.3 is 6.09 Å². The number of carbonyl (C=O) groups excluding carboxylic acids is 2. The molecule has 0 fully saturated rings. The number of imide groups is 1. The van der Waals surface area contributed by atoms with Gasteiger partial charge in [-0.15, -0.1) is 0 Å². The van der Waals surface area contributed by atoms with E-state index in [0.29, 0.717) is 29.7 Å². The first-order valence-corrected chi connectivity index (χ1v) is 8.65. The third kappa shape index (κ3) is 6.73. The van der Waals surface area contributed by atoms with E-state index in [2.05, 4.69) is 5.32 Å². The summed E-state index contributed by atoms with van der Waals surface area (Å²) in [5.41, 5.74) is 1.06. The highest BCUT2D eigenvalue weighted by Gasteiger charge is 2.19. The molecule has 0 bridgehead atoms. The molecule has 144 valence electrons. The molecular weight excluding hydrogens is 350 g/mol. The Kier molecular flexibility index (Phi) is 8.28. The van der Waals surface area contributed by atoms with Crippen LogP contribution in [-0.2, 0) is 4.74 Å². The molecule has 0 saturated carbocycles. The predicted molar refractivity (Wildman–Crippen MR) is 98.5 cm³/mol. The molecule has 0 heterocycles. The zero-order chi connectivity index (χ0) is 19.5. The summed E-state index contributed by atoms with van der Waals surface area (Å²) >= 11 is 0. The molecule has 2 aromatic rings. The van der Waals surface area contributed by atoms with E-state index >= 15 is 0 Å². The van der Waals surface area contributed by atoms with Crippen molar-refractivity contribution in [2.24, 2.45) is 0 Å². The van der Waals surface area contributed by atoms with Crippen LogP contribution < -0.4 is 10.1 Å². The molecule has 0 aromatic heterocycles. The Bertz CT molecular complexity index is 717. The summed E-state index contributed by atoms with van der Waals surface area (Å²) in [6, 6.07) is 15.2. The molecule has 27 heavy (non-hydrogen) atoms. The van der Waals surface area contributed by atoms with Gasteiger partial charge in [0.1, 0.15) is 18.5 Å². The van der Waals surface area contributed by atoms with Crippen LogP contribution in [0.1, 0.15) is 34.9 Å². The van der Waals surface area contributed by atoms with Gasteiger partial charge in [-0.2, -0.15) is 0 Å². The topological polar surface area (TPSA) is 105 Å². The Morgan fingerprint density at radius 2 is 1.67 bits per heavy atom. The molecule has 0 spiro atoms. The normalized spacial score (nSPS) is 11.5. The summed E-state index contributed by atoms with van der Waals surface area (Å²) in [5, 5.41) is 20.1. The highest BCUT2D eigenvalue weighted by atomic mass is 16.6. The summed E-state index contributed by atoms with van der Waals surface area (Å²) in [7, 11) is 0. The maximum atomic E-state index is 12.1. The van der Waals surface area contributed by atoms with Crippen molar-refractivity contribution in [1.29, 1.82) is 0 Å². The van der Waals surface area contributed by atoms with Crippen LogP contribution in [0.15, 0.2) is 54.6 Å². The quantitative estimate of drug-likeness (QED) is 0.624. The second-order valence-corrected chi connectivity index (χ2v) is 5.72. The summed E-state index contributed by atoms with van der Waals surface area (Å²) in [6.45, 7) is 0.0650. The van der Waals surface area contributed by atoms with Gasteiger partial charge in [-0.05, 0) is 42.7 Å². The lowest BCUT2D eigenvalue weighted by atomic mass is 10.0. The third-order valence-electron chi connectivity index (χ3n) is 3.74. The molecule has 2 aromatic carbocycles. The lowest BCUT2D eigenvalue weighted by molar-refractivity contribution is 0.0770. The van der Waals surface area contributed by atoms with Crippen LogP contribution in [0.4, 0.5) is 4.79 Å². The number of hydrogen-bond donors (Lipinski definition) is 3. The monoisotopic (exact) mass is 373 g/mol. The number of amides is 2. The van der Waals surface area contributed by atoms with E-state index in [1.165, 1.54) is 0 Å². The Morgan fingerprint density at radius 3 is 2.30 bits per heavy atom. The molecule has 1 atom stereocenters. The zero-order valence-electron chi connectivity index (χ0n) is 14.8. The van der Waals surface area contributed by atoms with E-state index in [-0.39, 0.29) is 19.8 Å². The first kappa shape index (κ1) is 20.4. The Balaban J connectivity index is 2.00. The van der Waals surface area contributed by atoms with Gasteiger partial charge < -0.3 is 19.7 Å². The van der Waals surface area contributed by atoms with Crippen molar-refractivity contribution in [3.05, 3.63) is 65.7 Å². The van der Waals surface area contributed by atoms with Crippen LogP contribution in [-0.4, -0.2) is 42.0 Å². The molecule has 0 aliphatic rings. The van der Waals surface area contributed by atoms with Gasteiger partial charge in [0.2, 0.25) is 0 Å². The standard InChI is InChI=1S/C20H23NO6/c22-12-4-7-18(15-8-10-17(11-9-15)26-14-13-23)27-20(25)21-19(24)16-5-2-1-3-6-16/h1-3,5-6,8-11,18,22-23H,4,7,12-14H2,(H,21,24,25)/t18-/m1/s1. The van der Waals surface area contributed by atoms with Crippen LogP contribution in [0.2, 0.25) is 0 Å². The van der Waals surface area contributed by atoms with Crippen molar-refractivity contribution in [3.63, 3.8) is 0 Å². The fourth-order valence-corrected chi connectivity index (χ4v) is 2.43. The van der Waals surface area contributed by atoms with E-state index < -0.39 is 18.1 Å². The Hall–Kier alpha value is -2.90. The van der Waals surface area contributed by atoms with Crippen LogP contribution >= 0.6 is 0 Å². The van der Waals surface area contributed by atoms with E-state index in [4.69, 9.17) is 19.7 Å². The number of benzene rings is 2. The van der Waals surface area contributed by atoms with Gasteiger partial charge in [-0.1, -0.05) is 30.3 Å². The van der Waals surface area contributed by atoms with Crippen molar-refractivity contribution >= 4 is 12.0 Å². The summed E-state index contributed by atoms with van der Waals surface area (Å²) < 4.78 is 10.7. The lowest BCUT2D eigenvalue weighted by Gasteiger charge is -2.18. The molecule has 2 amide bonds. The van der Waals surface area contributed by atoms with Gasteiger partial charge in [0.05, 0.1) is 6.61 Å². The van der Waals surface area contributed by atoms with Gasteiger partial charge in [-0.3, -0.25) is 10.1 Å². The molecule has 0 unspecified atom stereocenters. The van der Waals surface area contributed by atoms with Crippen LogP contribution in [0.5, 0.6) is 5.75 Å². The average Bonchev–Trinajstić information content (AvgIpc) is 2.70. The predicted octanol–water partition coefficient (Wildman–Crippen LogP) is 2.44. The first-order valence-electron chi connectivity index (χ1n) is 8.65. The minimum Gasteiger partial charge on any atom is -0.491 e. The summed E-state index contributed by atoms with van der Waals surface area (Å²) in [6.07, 6.45) is -0.631. The number of nitrogens with one attached hydrogen (secondary N) is 1. The number of aliphatic hydroxyl groups is 2. The van der Waals surface area contributed by atoms with Crippen LogP contribution in [0.25, 0.3) is 0 Å². The number of rotatable bonds is 9. The number of ether oxygens (including phenoxy) is 2. The van der Waals surface area contributed by atoms with Crippen LogP contribution in [0, 0.1) is 0 Å². The van der Waals surface area contributed by atoms with E-state index in [0.717, 1.165) is 0 Å². The zero-order valence-corrected chi connectivity index (χ0v) is 14.8. The second kappa shape index (κ2) is 10.9. The minimum atomic E-state index is -0.854. The number of aliphatic hydroxyl groups excluding tert-OH is 2. The Morgan fingerprint density at radius 1 is 0.963 bits per heavy atom. The molecule has 0 radical (unpaired) electrons. The molecular formula is C20H23NO6. The molecule has 0 saturated heterocycles. The largest absolute Gasteiger partial charge is 0.491 e. The molecule has 0 aliphatic carbocycles. The van der Waals surface area contributed by atoms with Gasteiger partial charge in [0, 0.05) is 12.2 Å². The molecule has 7 nitrogen and oxygen atoms in total. The molecule has 0 aliphatic heterocycles. The maximum absolute atomic E-state index is 12.1. The van der Waals surface area contributed by atoms with E-state index in [9.17, 15) is 9.59 Å². The maximum Gasteiger partial charge on any atom is 0.414 e. The van der Waals surface area contributed by atoms with Gasteiger partial charge in [-0.25, -0.2) is 4.79 Å². The minimum absolute atomic E-state index is 0.0396. The van der Waals surface area contributed by atoms with Crippen LogP contribution in [0.3, 0.4) is 0 Å². The third-order valence-corrected chi connectivity index (χ3v) is 3.74. The molecule has 7 heteroatoms. The fourth-order valence-electron chi connectivity index (χ4n) is 2.43. The number of alkyl carbamates (subject to hydrolysis) is 1. The second-order valence-electron chi connectivity index (χ2n) is 5.72. The van der Waals surface area contributed by atoms with E-state index in [1.807, 2.05) is 0 Å². The lowest BCUT2D eigenvalue weighted by Crippen LogP contribution is -2.32. The Labute approximate surface area is 157 Å². The van der Waals surface area contributed by atoms with Gasteiger partial charge in [0.15, 0.2) is 0 Å². The summed E-state index contributed by atoms with van der Waals surface area (Å²) in [5.74, 6) is 0.0340. The van der Waals surface area contributed by atoms with Crippen molar-refractivity contribution in [2.75, 3.05) is 19.8 Å². The first-order chi connectivity index (χ1) is 13.1.